The molecule has 0 saturated carbocycles. The number of pyridine rings is 1. The predicted molar refractivity (Wildman–Crippen MR) is 40.1 cm³/mol. The van der Waals surface area contributed by atoms with Crippen LogP contribution in [0.5, 0.6) is 0 Å². The number of rotatable bonds is 2. The van der Waals surface area contributed by atoms with Crippen LogP contribution in [0.15, 0.2) is 18.3 Å². The highest BCUT2D eigenvalue weighted by molar-refractivity contribution is 5.93. The van der Waals surface area contributed by atoms with Crippen molar-refractivity contribution in [2.24, 2.45) is 0 Å². The van der Waals surface area contributed by atoms with E-state index in [1.807, 2.05) is 0 Å². The van der Waals surface area contributed by atoms with E-state index in [4.69, 9.17) is 5.21 Å². The van der Waals surface area contributed by atoms with Crippen LogP contribution in [-0.4, -0.2) is 21.0 Å². The second-order valence-corrected chi connectivity index (χ2v) is 2.10. The molecular formula is C6H5N3O4. The second kappa shape index (κ2) is 3.59. The van der Waals surface area contributed by atoms with E-state index in [1.54, 1.807) is 0 Å². The number of nitrogens with zero attached hydrogens (tertiary/aromatic N) is 2. The van der Waals surface area contributed by atoms with Gasteiger partial charge in [-0.25, -0.2) is 5.48 Å². The number of amides is 1. The van der Waals surface area contributed by atoms with Crippen molar-refractivity contribution < 1.29 is 14.9 Å². The van der Waals surface area contributed by atoms with Gasteiger partial charge in [0.1, 0.15) is 0 Å². The number of hydrogen-bond donors (Lipinski definition) is 2. The first-order valence-corrected chi connectivity index (χ1v) is 3.20. The Kier molecular flexibility index (Phi) is 2.50. The zero-order valence-electron chi connectivity index (χ0n) is 6.30. The Morgan fingerprint density at radius 3 is 2.69 bits per heavy atom. The summed E-state index contributed by atoms with van der Waals surface area (Å²) >= 11 is 0. The van der Waals surface area contributed by atoms with Gasteiger partial charge in [-0.1, -0.05) is 0 Å². The molecule has 68 valence electrons. The fourth-order valence-corrected chi connectivity index (χ4v) is 0.693. The van der Waals surface area contributed by atoms with Crippen LogP contribution in [0.25, 0.3) is 0 Å². The SMILES string of the molecule is O=C(NO)c1ccc([N+](=O)[O-])nc1. The summed E-state index contributed by atoms with van der Waals surface area (Å²) in [5, 5.41) is 18.4. The topological polar surface area (TPSA) is 105 Å². The molecule has 0 radical (unpaired) electrons. The molecular weight excluding hydrogens is 178 g/mol. The van der Waals surface area contributed by atoms with Crippen molar-refractivity contribution in [3.05, 3.63) is 34.0 Å². The van der Waals surface area contributed by atoms with Gasteiger partial charge in [-0.2, -0.15) is 0 Å². The molecule has 0 aliphatic carbocycles. The minimum atomic E-state index is -0.762. The average Bonchev–Trinajstić information content (AvgIpc) is 2.17. The summed E-state index contributed by atoms with van der Waals surface area (Å²) in [5.74, 6) is -1.11. The summed E-state index contributed by atoms with van der Waals surface area (Å²) in [6.45, 7) is 0. The third-order valence-corrected chi connectivity index (χ3v) is 1.30. The quantitative estimate of drug-likeness (QED) is 0.384. The van der Waals surface area contributed by atoms with Crippen molar-refractivity contribution in [2.45, 2.75) is 0 Å². The molecule has 0 saturated heterocycles. The molecule has 0 unspecified atom stereocenters. The van der Waals surface area contributed by atoms with E-state index in [1.165, 1.54) is 11.5 Å². The molecule has 1 aromatic heterocycles. The number of carbonyl (C=O) groups excluding carboxylic acids is 1. The molecule has 0 aromatic carbocycles. The number of hydroxylamine groups is 1. The van der Waals surface area contributed by atoms with Crippen molar-refractivity contribution in [1.29, 1.82) is 0 Å². The van der Waals surface area contributed by atoms with Gasteiger partial charge in [-0.3, -0.25) is 10.0 Å². The highest BCUT2D eigenvalue weighted by atomic mass is 16.6. The van der Waals surface area contributed by atoms with E-state index in [2.05, 4.69) is 4.98 Å². The van der Waals surface area contributed by atoms with Crippen molar-refractivity contribution in [2.75, 3.05) is 0 Å². The number of carbonyl (C=O) groups is 1. The molecule has 0 fully saturated rings. The monoisotopic (exact) mass is 183 g/mol. The first-order valence-electron chi connectivity index (χ1n) is 3.20. The number of nitro groups is 1. The zero-order valence-corrected chi connectivity index (χ0v) is 6.30. The van der Waals surface area contributed by atoms with Crippen LogP contribution >= 0.6 is 0 Å². The molecule has 1 aromatic rings. The van der Waals surface area contributed by atoms with Crippen LogP contribution in [0.1, 0.15) is 10.4 Å². The van der Waals surface area contributed by atoms with Crippen LogP contribution < -0.4 is 5.48 Å². The molecule has 13 heavy (non-hydrogen) atoms. The molecule has 1 amide bonds. The fourth-order valence-electron chi connectivity index (χ4n) is 0.693. The van der Waals surface area contributed by atoms with Gasteiger partial charge in [0.05, 0.1) is 5.56 Å². The van der Waals surface area contributed by atoms with Gasteiger partial charge in [0, 0.05) is 6.07 Å². The smallest absolute Gasteiger partial charge is 0.358 e. The Labute approximate surface area is 72.1 Å². The molecule has 0 aliphatic rings. The summed E-state index contributed by atoms with van der Waals surface area (Å²) in [6.07, 6.45) is 1.00. The molecule has 7 heteroatoms. The molecule has 7 nitrogen and oxygen atoms in total. The first kappa shape index (κ1) is 9.07. The van der Waals surface area contributed by atoms with E-state index in [-0.39, 0.29) is 11.4 Å². The summed E-state index contributed by atoms with van der Waals surface area (Å²) in [4.78, 5) is 23.6. The molecule has 1 rings (SSSR count). The Morgan fingerprint density at radius 2 is 2.31 bits per heavy atom. The van der Waals surface area contributed by atoms with E-state index < -0.39 is 10.8 Å². The zero-order chi connectivity index (χ0) is 9.84. The normalized spacial score (nSPS) is 9.31. The summed E-state index contributed by atoms with van der Waals surface area (Å²) in [7, 11) is 0. The van der Waals surface area contributed by atoms with E-state index in [0.29, 0.717) is 0 Å². The molecule has 0 spiro atoms. The van der Waals surface area contributed by atoms with Crippen molar-refractivity contribution in [1.82, 2.24) is 10.5 Å². The summed E-state index contributed by atoms with van der Waals surface area (Å²) in [5.41, 5.74) is 1.43. The Balaban J connectivity index is 2.93. The molecule has 0 bridgehead atoms. The van der Waals surface area contributed by atoms with E-state index in [0.717, 1.165) is 12.3 Å². The second-order valence-electron chi connectivity index (χ2n) is 2.10. The van der Waals surface area contributed by atoms with Crippen LogP contribution in [0.3, 0.4) is 0 Å². The lowest BCUT2D eigenvalue weighted by Gasteiger charge is -1.94. The number of nitrogens with one attached hydrogen (secondary N) is 1. The predicted octanol–water partition coefficient (Wildman–Crippen LogP) is 0.109. The lowest BCUT2D eigenvalue weighted by Crippen LogP contribution is -2.18. The summed E-state index contributed by atoms with van der Waals surface area (Å²) < 4.78 is 0. The van der Waals surface area contributed by atoms with Crippen molar-refractivity contribution in [3.63, 3.8) is 0 Å². The Bertz CT molecular complexity index is 334. The summed E-state index contributed by atoms with van der Waals surface area (Å²) in [6, 6.07) is 2.27. The van der Waals surface area contributed by atoms with Gasteiger partial charge in [0.25, 0.3) is 5.91 Å². The van der Waals surface area contributed by atoms with Gasteiger partial charge in [-0.05, 0) is 16.0 Å². The molecule has 0 aliphatic heterocycles. The Hall–Kier alpha value is -2.02. The van der Waals surface area contributed by atoms with Gasteiger partial charge in [0.2, 0.25) is 0 Å². The number of hydrogen-bond acceptors (Lipinski definition) is 5. The standard InChI is InChI=1S/C6H5N3O4/c10-6(8-11)4-1-2-5(7-3-4)9(12)13/h1-3,11H,(H,8,10). The lowest BCUT2D eigenvalue weighted by atomic mass is 10.3. The highest BCUT2D eigenvalue weighted by Gasteiger charge is 2.10. The average molecular weight is 183 g/mol. The van der Waals surface area contributed by atoms with Gasteiger partial charge in [0.15, 0.2) is 6.20 Å². The highest BCUT2D eigenvalue weighted by Crippen LogP contribution is 2.06. The maximum atomic E-state index is 10.7. The van der Waals surface area contributed by atoms with E-state index >= 15 is 0 Å². The first-order chi connectivity index (χ1) is 6.15. The van der Waals surface area contributed by atoms with Crippen LogP contribution in [0.4, 0.5) is 5.82 Å². The van der Waals surface area contributed by atoms with Crippen molar-refractivity contribution in [3.8, 4) is 0 Å². The van der Waals surface area contributed by atoms with Crippen LogP contribution in [0, 0.1) is 10.1 Å². The minimum absolute atomic E-state index is 0.0492. The Morgan fingerprint density at radius 1 is 1.62 bits per heavy atom. The molecule has 0 atom stereocenters. The van der Waals surface area contributed by atoms with Gasteiger partial charge < -0.3 is 10.1 Å². The van der Waals surface area contributed by atoms with Crippen molar-refractivity contribution >= 4 is 11.7 Å². The van der Waals surface area contributed by atoms with Crippen LogP contribution in [-0.2, 0) is 0 Å². The maximum absolute atomic E-state index is 10.7. The minimum Gasteiger partial charge on any atom is -0.358 e. The largest absolute Gasteiger partial charge is 0.363 e. The molecule has 2 N–H and O–H groups in total. The van der Waals surface area contributed by atoms with Gasteiger partial charge in [-0.15, -0.1) is 0 Å². The third-order valence-electron chi connectivity index (χ3n) is 1.30. The molecule has 1 heterocycles. The number of aromatic nitrogens is 1. The van der Waals surface area contributed by atoms with Crippen LogP contribution in [0.2, 0.25) is 0 Å². The lowest BCUT2D eigenvalue weighted by molar-refractivity contribution is -0.389. The maximum Gasteiger partial charge on any atom is 0.363 e. The van der Waals surface area contributed by atoms with E-state index in [9.17, 15) is 14.9 Å². The fraction of sp³-hybridized carbons (Fsp3) is 0. The third kappa shape index (κ3) is 1.97. The van der Waals surface area contributed by atoms with Gasteiger partial charge >= 0.3 is 5.82 Å².